The molecule has 4 N–H and O–H groups in total. The highest BCUT2D eigenvalue weighted by molar-refractivity contribution is 6.35. The third-order valence-electron chi connectivity index (χ3n) is 3.99. The van der Waals surface area contributed by atoms with E-state index in [1.54, 1.807) is 24.3 Å². The zero-order valence-corrected chi connectivity index (χ0v) is 15.2. The molecule has 1 aromatic heterocycles. The Balaban J connectivity index is 1.87. The maximum Gasteiger partial charge on any atom is 0.334 e. The van der Waals surface area contributed by atoms with Gasteiger partial charge in [-0.3, -0.25) is 4.79 Å². The second-order valence-corrected chi connectivity index (χ2v) is 6.62. The molecule has 140 valence electrons. The summed E-state index contributed by atoms with van der Waals surface area (Å²) >= 11 is 12.2. The molecule has 0 unspecified atom stereocenters. The Kier molecular flexibility index (Phi) is 5.59. The van der Waals surface area contributed by atoms with Crippen LogP contribution in [0.4, 0.5) is 0 Å². The van der Waals surface area contributed by atoms with Crippen LogP contribution in [0.15, 0.2) is 36.4 Å². The molecule has 0 aliphatic carbocycles. The fourth-order valence-electron chi connectivity index (χ4n) is 2.61. The fourth-order valence-corrected chi connectivity index (χ4v) is 3.08. The van der Waals surface area contributed by atoms with E-state index in [9.17, 15) is 14.7 Å². The number of hydrogen-bond acceptors (Lipinski definition) is 5. The molecule has 3 aromatic rings. The van der Waals surface area contributed by atoms with Crippen LogP contribution in [0.25, 0.3) is 11.0 Å². The van der Waals surface area contributed by atoms with Crippen molar-refractivity contribution in [2.24, 2.45) is 0 Å². The van der Waals surface area contributed by atoms with Gasteiger partial charge in [0.05, 0.1) is 11.1 Å². The van der Waals surface area contributed by atoms with Crippen LogP contribution in [0.2, 0.25) is 10.0 Å². The molecule has 0 bridgehead atoms. The van der Waals surface area contributed by atoms with Gasteiger partial charge in [-0.15, -0.1) is 0 Å². The first-order chi connectivity index (χ1) is 12.9. The number of carbonyl (C=O) groups excluding carboxylic acids is 1. The number of H-pyrrole nitrogens is 1. The minimum absolute atomic E-state index is 0.0266. The van der Waals surface area contributed by atoms with Gasteiger partial charge in [0.1, 0.15) is 11.0 Å². The first kappa shape index (κ1) is 19.1. The van der Waals surface area contributed by atoms with E-state index in [1.165, 1.54) is 12.1 Å². The number of aliphatic carboxylic acids is 1. The van der Waals surface area contributed by atoms with Crippen molar-refractivity contribution in [1.29, 1.82) is 0 Å². The van der Waals surface area contributed by atoms with Gasteiger partial charge in [0.25, 0.3) is 5.91 Å². The number of aliphatic hydroxyl groups is 1. The second-order valence-electron chi connectivity index (χ2n) is 5.81. The lowest BCUT2D eigenvalue weighted by Crippen LogP contribution is -2.48. The Bertz CT molecular complexity index is 1010. The minimum Gasteiger partial charge on any atom is -0.479 e. The highest BCUT2D eigenvalue weighted by Crippen LogP contribution is 2.22. The van der Waals surface area contributed by atoms with Crippen LogP contribution in [0.1, 0.15) is 15.9 Å². The van der Waals surface area contributed by atoms with E-state index in [1.807, 2.05) is 0 Å². The molecule has 1 amide bonds. The predicted octanol–water partition coefficient (Wildman–Crippen LogP) is 2.05. The monoisotopic (exact) mass is 408 g/mol. The van der Waals surface area contributed by atoms with Crippen molar-refractivity contribution in [3.05, 3.63) is 57.6 Å². The van der Waals surface area contributed by atoms with Crippen LogP contribution in [0.3, 0.4) is 0 Å². The smallest absolute Gasteiger partial charge is 0.334 e. The number of halogens is 2. The van der Waals surface area contributed by atoms with Crippen LogP contribution < -0.4 is 5.32 Å². The van der Waals surface area contributed by atoms with Gasteiger partial charge in [0, 0.05) is 10.6 Å². The number of amides is 1. The molecule has 0 aliphatic rings. The van der Waals surface area contributed by atoms with Crippen molar-refractivity contribution in [2.75, 3.05) is 0 Å². The normalized spacial score (nSPS) is 13.3. The van der Waals surface area contributed by atoms with Crippen LogP contribution in [0, 0.1) is 0 Å². The van der Waals surface area contributed by atoms with Gasteiger partial charge in [0.15, 0.2) is 6.10 Å². The van der Waals surface area contributed by atoms with Gasteiger partial charge in [-0.2, -0.15) is 15.4 Å². The number of carboxylic acid groups (broad SMARTS) is 1. The molecule has 10 heteroatoms. The summed E-state index contributed by atoms with van der Waals surface area (Å²) in [7, 11) is 0. The number of carboxylic acids is 1. The maximum atomic E-state index is 12.6. The number of nitrogens with zero attached hydrogens (tertiary/aromatic N) is 2. The van der Waals surface area contributed by atoms with Gasteiger partial charge in [0.2, 0.25) is 0 Å². The molecule has 0 radical (unpaired) electrons. The van der Waals surface area contributed by atoms with E-state index in [0.717, 1.165) is 0 Å². The quantitative estimate of drug-likeness (QED) is 0.493. The van der Waals surface area contributed by atoms with E-state index < -0.39 is 24.0 Å². The van der Waals surface area contributed by atoms with Crippen molar-refractivity contribution >= 4 is 46.1 Å². The third-order valence-corrected chi connectivity index (χ3v) is 4.64. The Morgan fingerprint density at radius 2 is 1.89 bits per heavy atom. The van der Waals surface area contributed by atoms with Gasteiger partial charge >= 0.3 is 5.97 Å². The van der Waals surface area contributed by atoms with E-state index in [0.29, 0.717) is 21.6 Å². The van der Waals surface area contributed by atoms with E-state index in [4.69, 9.17) is 28.3 Å². The van der Waals surface area contributed by atoms with Crippen LogP contribution in [0.5, 0.6) is 0 Å². The highest BCUT2D eigenvalue weighted by atomic mass is 35.5. The Labute approximate surface area is 163 Å². The number of rotatable bonds is 6. The third kappa shape index (κ3) is 4.19. The molecule has 0 fully saturated rings. The first-order valence-electron chi connectivity index (χ1n) is 7.82. The SMILES string of the molecule is O=C(N[C@H](Cc1ccccc1Cl)[C@H](O)C(=O)O)c1cc(Cl)c2n[nH]nc2c1. The van der Waals surface area contributed by atoms with E-state index in [2.05, 4.69) is 20.7 Å². The Hall–Kier alpha value is -2.68. The van der Waals surface area contributed by atoms with E-state index in [-0.39, 0.29) is 17.0 Å². The Morgan fingerprint density at radius 3 is 2.59 bits per heavy atom. The number of aromatic amines is 1. The van der Waals surface area contributed by atoms with Crippen LogP contribution in [-0.2, 0) is 11.2 Å². The van der Waals surface area contributed by atoms with E-state index >= 15 is 0 Å². The molecular weight excluding hydrogens is 395 g/mol. The second kappa shape index (κ2) is 7.91. The summed E-state index contributed by atoms with van der Waals surface area (Å²) in [5, 5.41) is 32.5. The molecular formula is C17H14Cl2N4O4. The summed E-state index contributed by atoms with van der Waals surface area (Å²) in [4.78, 5) is 23.9. The summed E-state index contributed by atoms with van der Waals surface area (Å²) in [6, 6.07) is 8.52. The molecule has 3 rings (SSSR count). The largest absolute Gasteiger partial charge is 0.479 e. The zero-order chi connectivity index (χ0) is 19.6. The summed E-state index contributed by atoms with van der Waals surface area (Å²) in [6.07, 6.45) is -1.80. The topological polar surface area (TPSA) is 128 Å². The molecule has 0 aliphatic heterocycles. The lowest BCUT2D eigenvalue weighted by atomic mass is 10.0. The van der Waals surface area contributed by atoms with Gasteiger partial charge in [-0.05, 0) is 30.2 Å². The number of hydrogen-bond donors (Lipinski definition) is 4. The van der Waals surface area contributed by atoms with Crippen LogP contribution >= 0.6 is 23.2 Å². The summed E-state index contributed by atoms with van der Waals surface area (Å²) < 4.78 is 0. The first-order valence-corrected chi connectivity index (χ1v) is 8.57. The summed E-state index contributed by atoms with van der Waals surface area (Å²) in [5.74, 6) is -2.07. The standard InChI is InChI=1S/C17H14Cl2N4O4/c18-10-4-2-1-3-8(10)6-13(15(24)17(26)27)20-16(25)9-5-11(19)14-12(7-9)21-23-22-14/h1-5,7,13,15,24H,6H2,(H,20,25)(H,26,27)(H,21,22,23)/t13-,15+/m1/s1. The number of carbonyl (C=O) groups is 2. The van der Waals surface area contributed by atoms with Gasteiger partial charge < -0.3 is 15.5 Å². The van der Waals surface area contributed by atoms with Crippen LogP contribution in [-0.4, -0.2) is 49.6 Å². The molecule has 0 saturated carbocycles. The molecule has 0 saturated heterocycles. The van der Waals surface area contributed by atoms with Gasteiger partial charge in [-0.1, -0.05) is 41.4 Å². The molecule has 1 heterocycles. The maximum absolute atomic E-state index is 12.6. The van der Waals surface area contributed by atoms with Crippen molar-refractivity contribution in [1.82, 2.24) is 20.7 Å². The Morgan fingerprint density at radius 1 is 1.15 bits per heavy atom. The number of fused-ring (bicyclic) bond motifs is 1. The molecule has 0 spiro atoms. The molecule has 27 heavy (non-hydrogen) atoms. The summed E-state index contributed by atoms with van der Waals surface area (Å²) in [6.45, 7) is 0. The number of aliphatic hydroxyl groups excluding tert-OH is 1. The number of nitrogens with one attached hydrogen (secondary N) is 2. The molecule has 2 atom stereocenters. The van der Waals surface area contributed by atoms with Crippen molar-refractivity contribution in [2.45, 2.75) is 18.6 Å². The number of aromatic nitrogens is 3. The fraction of sp³-hybridized carbons (Fsp3) is 0.176. The minimum atomic E-state index is -1.82. The van der Waals surface area contributed by atoms with Crippen molar-refractivity contribution in [3.8, 4) is 0 Å². The molecule has 8 nitrogen and oxygen atoms in total. The average Bonchev–Trinajstić information content (AvgIpc) is 3.11. The van der Waals surface area contributed by atoms with Crippen molar-refractivity contribution in [3.63, 3.8) is 0 Å². The molecule has 2 aromatic carbocycles. The lowest BCUT2D eigenvalue weighted by molar-refractivity contribution is -0.148. The van der Waals surface area contributed by atoms with Gasteiger partial charge in [-0.25, -0.2) is 4.79 Å². The average molecular weight is 409 g/mol. The lowest BCUT2D eigenvalue weighted by Gasteiger charge is -2.22. The number of benzene rings is 2. The van der Waals surface area contributed by atoms with Crippen molar-refractivity contribution < 1.29 is 19.8 Å². The highest BCUT2D eigenvalue weighted by Gasteiger charge is 2.28. The predicted molar refractivity (Wildman–Crippen MR) is 99.0 cm³/mol. The zero-order valence-electron chi connectivity index (χ0n) is 13.7. The summed E-state index contributed by atoms with van der Waals surface area (Å²) in [5.41, 5.74) is 1.54.